The van der Waals surface area contributed by atoms with E-state index in [0.717, 1.165) is 31.4 Å². The van der Waals surface area contributed by atoms with Gasteiger partial charge in [-0.2, -0.15) is 0 Å². The molecule has 1 nitrogen and oxygen atoms in total. The predicted molar refractivity (Wildman–Crippen MR) is 57.9 cm³/mol. The molecule has 74 valence electrons. The molecule has 0 aromatic carbocycles. The van der Waals surface area contributed by atoms with E-state index in [1.807, 2.05) is 0 Å². The van der Waals surface area contributed by atoms with Gasteiger partial charge in [0.15, 0.2) is 8.32 Å². The first-order chi connectivity index (χ1) is 5.60. The Hall–Kier alpha value is 0.177. The molecule has 0 aromatic rings. The van der Waals surface area contributed by atoms with Crippen molar-refractivity contribution in [1.82, 2.24) is 0 Å². The van der Waals surface area contributed by atoms with E-state index in [4.69, 9.17) is 0 Å². The largest absolute Gasteiger partial charge is 0.431 e. The van der Waals surface area contributed by atoms with Gasteiger partial charge in [0, 0.05) is 0 Å². The van der Waals surface area contributed by atoms with Crippen LogP contribution in [0.5, 0.6) is 0 Å². The molecule has 0 heterocycles. The maximum atomic E-state index is 10.4. The minimum absolute atomic E-state index is 0.581. The molecule has 2 heteroatoms. The molecule has 0 aliphatic rings. The Bertz CT molecular complexity index is 108. The number of hydrogen-bond donors (Lipinski definition) is 1. The van der Waals surface area contributed by atoms with Crippen LogP contribution >= 0.6 is 0 Å². The first-order valence-corrected chi connectivity index (χ1v) is 7.77. The van der Waals surface area contributed by atoms with Gasteiger partial charge in [0.25, 0.3) is 0 Å². The third kappa shape index (κ3) is 3.28. The average molecular weight is 188 g/mol. The smallest absolute Gasteiger partial charge is 0.191 e. The van der Waals surface area contributed by atoms with Gasteiger partial charge in [-0.1, -0.05) is 47.0 Å². The van der Waals surface area contributed by atoms with Gasteiger partial charge in [0.1, 0.15) is 0 Å². The van der Waals surface area contributed by atoms with Crippen LogP contribution in [-0.4, -0.2) is 13.1 Å². The third-order valence-electron chi connectivity index (χ3n) is 2.90. The molecule has 0 bridgehead atoms. The van der Waals surface area contributed by atoms with Gasteiger partial charge in [0.2, 0.25) is 0 Å². The fourth-order valence-electron chi connectivity index (χ4n) is 1.86. The Morgan fingerprint density at radius 3 is 1.75 bits per heavy atom. The highest BCUT2D eigenvalue weighted by Gasteiger charge is 2.34. The van der Waals surface area contributed by atoms with Gasteiger partial charge >= 0.3 is 0 Å². The molecule has 1 atom stereocenters. The highest BCUT2D eigenvalue weighted by Crippen LogP contribution is 2.31. The van der Waals surface area contributed by atoms with E-state index in [9.17, 15) is 4.80 Å². The quantitative estimate of drug-likeness (QED) is 0.632. The van der Waals surface area contributed by atoms with Crippen LogP contribution in [0, 0.1) is 0 Å². The lowest BCUT2D eigenvalue weighted by Crippen LogP contribution is -2.38. The van der Waals surface area contributed by atoms with Crippen molar-refractivity contribution in [1.29, 1.82) is 0 Å². The first kappa shape index (κ1) is 12.2. The van der Waals surface area contributed by atoms with Crippen LogP contribution in [-0.2, 0) is 0 Å². The summed E-state index contributed by atoms with van der Waals surface area (Å²) in [7, 11) is -1.85. The van der Waals surface area contributed by atoms with E-state index in [1.165, 1.54) is 0 Å². The maximum absolute atomic E-state index is 10.4. The van der Waals surface area contributed by atoms with Crippen LogP contribution < -0.4 is 0 Å². The molecule has 12 heavy (non-hydrogen) atoms. The van der Waals surface area contributed by atoms with Crippen molar-refractivity contribution in [3.63, 3.8) is 0 Å². The van der Waals surface area contributed by atoms with Crippen molar-refractivity contribution in [2.45, 2.75) is 64.6 Å². The minimum Gasteiger partial charge on any atom is -0.431 e. The summed E-state index contributed by atoms with van der Waals surface area (Å²) in [5.74, 6) is 0. The summed E-state index contributed by atoms with van der Waals surface area (Å²) in [5, 5.41) is 0. The van der Waals surface area contributed by atoms with E-state index in [-0.39, 0.29) is 0 Å². The van der Waals surface area contributed by atoms with Crippen molar-refractivity contribution >= 4 is 8.32 Å². The topological polar surface area (TPSA) is 20.2 Å². The van der Waals surface area contributed by atoms with Crippen LogP contribution in [0.4, 0.5) is 0 Å². The van der Waals surface area contributed by atoms with E-state index >= 15 is 0 Å². The molecule has 1 N–H and O–H groups in total. The third-order valence-corrected chi connectivity index (χ3v) is 7.87. The molecule has 0 rings (SSSR count). The Kier molecular flexibility index (Phi) is 5.84. The van der Waals surface area contributed by atoms with E-state index in [1.54, 1.807) is 0 Å². The molecule has 0 spiro atoms. The van der Waals surface area contributed by atoms with Crippen molar-refractivity contribution in [2.75, 3.05) is 0 Å². The van der Waals surface area contributed by atoms with Crippen LogP contribution in [0.25, 0.3) is 0 Å². The summed E-state index contributed by atoms with van der Waals surface area (Å²) >= 11 is 0. The highest BCUT2D eigenvalue weighted by atomic mass is 28.4. The van der Waals surface area contributed by atoms with Gasteiger partial charge in [-0.3, -0.25) is 0 Å². The van der Waals surface area contributed by atoms with Crippen molar-refractivity contribution < 1.29 is 4.80 Å². The van der Waals surface area contributed by atoms with Crippen LogP contribution in [0.15, 0.2) is 0 Å². The molecular formula is C10H24OSi. The van der Waals surface area contributed by atoms with Gasteiger partial charge in [-0.15, -0.1) is 0 Å². The minimum atomic E-state index is -1.85. The molecule has 0 saturated heterocycles. The lowest BCUT2D eigenvalue weighted by Gasteiger charge is -2.30. The van der Waals surface area contributed by atoms with Gasteiger partial charge in [0.05, 0.1) is 0 Å². The normalized spacial score (nSPS) is 14.8. The zero-order valence-electron chi connectivity index (χ0n) is 9.06. The molecule has 0 radical (unpaired) electrons. The van der Waals surface area contributed by atoms with Gasteiger partial charge in [-0.25, -0.2) is 0 Å². The average Bonchev–Trinajstić information content (AvgIpc) is 2.04. The lowest BCUT2D eigenvalue weighted by molar-refractivity contribution is 0.492. The second kappa shape index (κ2) is 5.76. The zero-order valence-corrected chi connectivity index (χ0v) is 10.1. The standard InChI is InChI=1S/C10H24OSi/c1-5-8-12(11,9-6-2)10(4)7-3/h10-11H,5-9H2,1-4H3. The first-order valence-electron chi connectivity index (χ1n) is 5.33. The zero-order chi connectivity index (χ0) is 9.61. The van der Waals surface area contributed by atoms with Crippen molar-refractivity contribution in [2.24, 2.45) is 0 Å². The molecule has 0 saturated carbocycles. The molecule has 0 aromatic heterocycles. The molecule has 0 aliphatic carbocycles. The van der Waals surface area contributed by atoms with Crippen LogP contribution in [0.2, 0.25) is 17.6 Å². The molecule has 0 fully saturated rings. The van der Waals surface area contributed by atoms with E-state index in [2.05, 4.69) is 27.7 Å². The summed E-state index contributed by atoms with van der Waals surface area (Å²) in [6.07, 6.45) is 3.43. The van der Waals surface area contributed by atoms with Crippen molar-refractivity contribution in [3.8, 4) is 0 Å². The molecule has 1 unspecified atom stereocenters. The van der Waals surface area contributed by atoms with E-state index in [0.29, 0.717) is 5.54 Å². The SMILES string of the molecule is CCC[Si](O)(CCC)C(C)CC. The fourth-order valence-corrected chi connectivity index (χ4v) is 5.59. The van der Waals surface area contributed by atoms with E-state index < -0.39 is 8.32 Å². The summed E-state index contributed by atoms with van der Waals surface area (Å²) in [6.45, 7) is 8.76. The van der Waals surface area contributed by atoms with Crippen molar-refractivity contribution in [3.05, 3.63) is 0 Å². The Morgan fingerprint density at radius 2 is 1.50 bits per heavy atom. The number of rotatable bonds is 6. The second-order valence-corrected chi connectivity index (χ2v) is 8.11. The summed E-state index contributed by atoms with van der Waals surface area (Å²) in [4.78, 5) is 10.4. The lowest BCUT2D eigenvalue weighted by atomic mass is 10.4. The second-order valence-electron chi connectivity index (χ2n) is 3.91. The maximum Gasteiger partial charge on any atom is 0.191 e. The Morgan fingerprint density at radius 1 is 1.08 bits per heavy atom. The summed E-state index contributed by atoms with van der Waals surface area (Å²) < 4.78 is 0. The van der Waals surface area contributed by atoms with Gasteiger partial charge in [-0.05, 0) is 17.6 Å². The predicted octanol–water partition coefficient (Wildman–Crippen LogP) is 3.54. The summed E-state index contributed by atoms with van der Waals surface area (Å²) in [6, 6.07) is 2.19. The Labute approximate surface area is 78.3 Å². The molecular weight excluding hydrogens is 164 g/mol. The number of hydrogen-bond acceptors (Lipinski definition) is 1. The van der Waals surface area contributed by atoms with Crippen LogP contribution in [0.3, 0.4) is 0 Å². The monoisotopic (exact) mass is 188 g/mol. The summed E-state index contributed by atoms with van der Waals surface area (Å²) in [5.41, 5.74) is 0.581. The van der Waals surface area contributed by atoms with Crippen LogP contribution in [0.1, 0.15) is 47.0 Å². The van der Waals surface area contributed by atoms with Gasteiger partial charge < -0.3 is 4.80 Å². The fraction of sp³-hybridized carbons (Fsp3) is 1.00. The highest BCUT2D eigenvalue weighted by molar-refractivity contribution is 6.73. The molecule has 0 amide bonds. The Balaban J connectivity index is 4.15. The molecule has 0 aliphatic heterocycles.